The van der Waals surface area contributed by atoms with Crippen LogP contribution in [0, 0.1) is 6.92 Å². The molecule has 100 valence electrons. The van der Waals surface area contributed by atoms with Crippen molar-refractivity contribution < 1.29 is 9.90 Å². The van der Waals surface area contributed by atoms with Crippen LogP contribution >= 0.6 is 11.6 Å². The van der Waals surface area contributed by atoms with Crippen molar-refractivity contribution in [3.8, 4) is 0 Å². The molecule has 0 atom stereocenters. The highest BCUT2D eigenvalue weighted by molar-refractivity contribution is 6.31. The van der Waals surface area contributed by atoms with Crippen molar-refractivity contribution in [2.45, 2.75) is 33.1 Å². The predicted molar refractivity (Wildman–Crippen MR) is 75.6 cm³/mol. The molecular formula is C14H20ClNO2. The van der Waals surface area contributed by atoms with Gasteiger partial charge in [0.15, 0.2) is 0 Å². The SMILES string of the molecule is CCCN(CCCC(=O)O)c1cccc(Cl)c1C. The normalized spacial score (nSPS) is 10.4. The highest BCUT2D eigenvalue weighted by Crippen LogP contribution is 2.26. The van der Waals surface area contributed by atoms with Gasteiger partial charge in [0.25, 0.3) is 0 Å². The van der Waals surface area contributed by atoms with Gasteiger partial charge in [-0.3, -0.25) is 4.79 Å². The van der Waals surface area contributed by atoms with Gasteiger partial charge in [-0.25, -0.2) is 0 Å². The Labute approximate surface area is 113 Å². The fraction of sp³-hybridized carbons (Fsp3) is 0.500. The highest BCUT2D eigenvalue weighted by atomic mass is 35.5. The van der Waals surface area contributed by atoms with Gasteiger partial charge in [-0.2, -0.15) is 0 Å². The number of carboxylic acids is 1. The second-order valence-electron chi connectivity index (χ2n) is 4.37. The average molecular weight is 270 g/mol. The van der Waals surface area contributed by atoms with E-state index < -0.39 is 5.97 Å². The first-order chi connectivity index (χ1) is 8.56. The van der Waals surface area contributed by atoms with Gasteiger partial charge in [-0.15, -0.1) is 0 Å². The standard InChI is InChI=1S/C14H20ClNO2/c1-3-9-16(10-5-8-14(17)18)13-7-4-6-12(15)11(13)2/h4,6-7H,3,5,8-10H2,1-2H3,(H,17,18). The van der Waals surface area contributed by atoms with E-state index in [4.69, 9.17) is 16.7 Å². The third-order valence-electron chi connectivity index (χ3n) is 2.89. The maximum Gasteiger partial charge on any atom is 0.303 e. The summed E-state index contributed by atoms with van der Waals surface area (Å²) in [4.78, 5) is 12.8. The third-order valence-corrected chi connectivity index (χ3v) is 3.30. The molecule has 1 rings (SSSR count). The van der Waals surface area contributed by atoms with Crippen LogP contribution in [0.1, 0.15) is 31.7 Å². The lowest BCUT2D eigenvalue weighted by atomic mass is 10.1. The Bertz CT molecular complexity index is 407. The fourth-order valence-electron chi connectivity index (χ4n) is 1.98. The number of hydrogen-bond acceptors (Lipinski definition) is 2. The molecule has 1 aromatic rings. The first-order valence-electron chi connectivity index (χ1n) is 6.28. The van der Waals surface area contributed by atoms with Gasteiger partial charge in [0.2, 0.25) is 0 Å². The summed E-state index contributed by atoms with van der Waals surface area (Å²) >= 11 is 6.12. The topological polar surface area (TPSA) is 40.5 Å². The van der Waals surface area contributed by atoms with Crippen molar-refractivity contribution >= 4 is 23.3 Å². The van der Waals surface area contributed by atoms with Gasteiger partial charge in [-0.05, 0) is 37.5 Å². The van der Waals surface area contributed by atoms with E-state index in [0.29, 0.717) is 6.42 Å². The van der Waals surface area contributed by atoms with Crippen LogP contribution in [0.15, 0.2) is 18.2 Å². The minimum Gasteiger partial charge on any atom is -0.481 e. The van der Waals surface area contributed by atoms with Crippen LogP contribution in [-0.2, 0) is 4.79 Å². The zero-order valence-electron chi connectivity index (χ0n) is 10.9. The number of rotatable bonds is 7. The van der Waals surface area contributed by atoms with Crippen molar-refractivity contribution in [1.82, 2.24) is 0 Å². The Morgan fingerprint density at radius 1 is 1.39 bits per heavy atom. The summed E-state index contributed by atoms with van der Waals surface area (Å²) in [5.74, 6) is -0.741. The van der Waals surface area contributed by atoms with Crippen molar-refractivity contribution in [1.29, 1.82) is 0 Å². The van der Waals surface area contributed by atoms with E-state index >= 15 is 0 Å². The Morgan fingerprint density at radius 2 is 2.11 bits per heavy atom. The van der Waals surface area contributed by atoms with Crippen LogP contribution in [-0.4, -0.2) is 24.2 Å². The molecule has 0 aliphatic carbocycles. The van der Waals surface area contributed by atoms with E-state index in [2.05, 4.69) is 11.8 Å². The molecule has 18 heavy (non-hydrogen) atoms. The molecule has 0 aliphatic heterocycles. The van der Waals surface area contributed by atoms with Crippen LogP contribution in [0.25, 0.3) is 0 Å². The lowest BCUT2D eigenvalue weighted by Gasteiger charge is -2.26. The molecule has 0 unspecified atom stereocenters. The number of aliphatic carboxylic acids is 1. The molecule has 1 aromatic carbocycles. The Balaban J connectivity index is 2.77. The zero-order chi connectivity index (χ0) is 13.5. The van der Waals surface area contributed by atoms with E-state index in [1.54, 1.807) is 0 Å². The first kappa shape index (κ1) is 14.8. The van der Waals surface area contributed by atoms with E-state index in [-0.39, 0.29) is 6.42 Å². The molecule has 0 saturated heterocycles. The second-order valence-corrected chi connectivity index (χ2v) is 4.78. The number of halogens is 1. The smallest absolute Gasteiger partial charge is 0.303 e. The molecule has 0 saturated carbocycles. The summed E-state index contributed by atoms with van der Waals surface area (Å²) in [5, 5.41) is 9.44. The molecule has 0 bridgehead atoms. The summed E-state index contributed by atoms with van der Waals surface area (Å²) in [6.07, 6.45) is 1.89. The quantitative estimate of drug-likeness (QED) is 0.820. The number of anilines is 1. The third kappa shape index (κ3) is 4.22. The number of carboxylic acid groups (broad SMARTS) is 1. The summed E-state index contributed by atoms with van der Waals surface area (Å²) < 4.78 is 0. The molecule has 0 amide bonds. The second kappa shape index (κ2) is 7.27. The molecule has 0 radical (unpaired) electrons. The van der Waals surface area contributed by atoms with Crippen LogP contribution in [0.3, 0.4) is 0 Å². The summed E-state index contributed by atoms with van der Waals surface area (Å²) in [7, 11) is 0. The van der Waals surface area contributed by atoms with Crippen molar-refractivity contribution in [3.05, 3.63) is 28.8 Å². The van der Waals surface area contributed by atoms with Gasteiger partial charge >= 0.3 is 5.97 Å². The van der Waals surface area contributed by atoms with Crippen LogP contribution in [0.5, 0.6) is 0 Å². The van der Waals surface area contributed by atoms with Crippen molar-refractivity contribution in [3.63, 3.8) is 0 Å². The van der Waals surface area contributed by atoms with Crippen molar-refractivity contribution in [2.75, 3.05) is 18.0 Å². The summed E-state index contributed by atoms with van der Waals surface area (Å²) in [6, 6.07) is 5.85. The molecule has 0 spiro atoms. The molecular weight excluding hydrogens is 250 g/mol. The van der Waals surface area contributed by atoms with Gasteiger partial charge in [0, 0.05) is 30.2 Å². The van der Waals surface area contributed by atoms with Gasteiger partial charge < -0.3 is 10.0 Å². The lowest BCUT2D eigenvalue weighted by Crippen LogP contribution is -2.26. The minimum atomic E-state index is -0.741. The Morgan fingerprint density at radius 3 is 2.72 bits per heavy atom. The molecule has 3 nitrogen and oxygen atoms in total. The predicted octanol–water partition coefficient (Wildman–Crippen LogP) is 3.73. The Kier molecular flexibility index (Phi) is 5.99. The first-order valence-corrected chi connectivity index (χ1v) is 6.66. The monoisotopic (exact) mass is 269 g/mol. The summed E-state index contributed by atoms with van der Waals surface area (Å²) in [6.45, 7) is 5.78. The number of nitrogens with zero attached hydrogens (tertiary/aromatic N) is 1. The minimum absolute atomic E-state index is 0.208. The number of hydrogen-bond donors (Lipinski definition) is 1. The van der Waals surface area contributed by atoms with Gasteiger partial charge in [0.05, 0.1) is 0 Å². The molecule has 0 aromatic heterocycles. The van der Waals surface area contributed by atoms with Crippen LogP contribution in [0.2, 0.25) is 5.02 Å². The lowest BCUT2D eigenvalue weighted by molar-refractivity contribution is -0.137. The van der Waals surface area contributed by atoms with E-state index in [0.717, 1.165) is 35.8 Å². The van der Waals surface area contributed by atoms with E-state index in [1.807, 2.05) is 25.1 Å². The van der Waals surface area contributed by atoms with Crippen molar-refractivity contribution in [2.24, 2.45) is 0 Å². The molecule has 0 fully saturated rings. The highest BCUT2D eigenvalue weighted by Gasteiger charge is 2.10. The van der Waals surface area contributed by atoms with Gasteiger partial charge in [-0.1, -0.05) is 24.6 Å². The van der Waals surface area contributed by atoms with E-state index in [1.165, 1.54) is 0 Å². The maximum atomic E-state index is 10.6. The largest absolute Gasteiger partial charge is 0.481 e. The molecule has 0 heterocycles. The maximum absolute atomic E-state index is 10.6. The summed E-state index contributed by atoms with van der Waals surface area (Å²) in [5.41, 5.74) is 2.16. The van der Waals surface area contributed by atoms with Gasteiger partial charge in [0.1, 0.15) is 0 Å². The van der Waals surface area contributed by atoms with Crippen LogP contribution in [0.4, 0.5) is 5.69 Å². The number of benzene rings is 1. The molecule has 0 aliphatic rings. The van der Waals surface area contributed by atoms with E-state index in [9.17, 15) is 4.79 Å². The Hall–Kier alpha value is -1.22. The molecule has 1 N–H and O–H groups in total. The zero-order valence-corrected chi connectivity index (χ0v) is 11.7. The van der Waals surface area contributed by atoms with Crippen LogP contribution < -0.4 is 4.90 Å². The molecule has 4 heteroatoms. The average Bonchev–Trinajstić information content (AvgIpc) is 2.31. The number of carbonyl (C=O) groups is 1. The fourth-order valence-corrected chi connectivity index (χ4v) is 2.15.